The summed E-state index contributed by atoms with van der Waals surface area (Å²) in [6.45, 7) is 3.98. The lowest BCUT2D eigenvalue weighted by molar-refractivity contribution is 0.694. The van der Waals surface area contributed by atoms with Crippen LogP contribution in [0.3, 0.4) is 0 Å². The van der Waals surface area contributed by atoms with Crippen molar-refractivity contribution < 1.29 is 0 Å². The molecule has 0 unspecified atom stereocenters. The maximum atomic E-state index is 3.98. The Labute approximate surface area is 123 Å². The molecule has 0 aliphatic heterocycles. The quantitative estimate of drug-likeness (QED) is 0.578. The Morgan fingerprint density at radius 2 is 1.75 bits per heavy atom. The maximum absolute atomic E-state index is 3.98. The molecule has 0 saturated heterocycles. The topological polar surface area (TPSA) is 0 Å². The van der Waals surface area contributed by atoms with Gasteiger partial charge in [-0.15, -0.1) is 0 Å². The van der Waals surface area contributed by atoms with Gasteiger partial charge in [0.2, 0.25) is 0 Å². The molecular weight excluding hydrogens is 240 g/mol. The second kappa shape index (κ2) is 6.43. The normalized spacial score (nSPS) is 16.1. The van der Waals surface area contributed by atoms with Gasteiger partial charge in [0.05, 0.1) is 0 Å². The van der Waals surface area contributed by atoms with Crippen LogP contribution in [0.25, 0.3) is 10.8 Å². The van der Waals surface area contributed by atoms with E-state index in [1.54, 1.807) is 11.1 Å². The average Bonchev–Trinajstić information content (AvgIpc) is 3.01. The highest BCUT2D eigenvalue weighted by molar-refractivity contribution is 5.87. The first-order valence-electron chi connectivity index (χ1n) is 8.20. The first-order chi connectivity index (χ1) is 9.90. The highest BCUT2D eigenvalue weighted by atomic mass is 14.3. The summed E-state index contributed by atoms with van der Waals surface area (Å²) in [7, 11) is 0. The van der Waals surface area contributed by atoms with E-state index in [0.29, 0.717) is 0 Å². The third kappa shape index (κ3) is 2.75. The minimum Gasteiger partial charge on any atom is -0.0616 e. The van der Waals surface area contributed by atoms with E-state index in [1.807, 2.05) is 0 Å². The Balaban J connectivity index is 2.00. The van der Waals surface area contributed by atoms with Gasteiger partial charge >= 0.3 is 0 Å². The van der Waals surface area contributed by atoms with Crippen LogP contribution < -0.4 is 0 Å². The van der Waals surface area contributed by atoms with Gasteiger partial charge in [0, 0.05) is 0 Å². The fraction of sp³-hybridized carbons (Fsp3) is 0.450. The molecule has 1 aliphatic carbocycles. The summed E-state index contributed by atoms with van der Waals surface area (Å²) in [6.07, 6.45) is 10.4. The van der Waals surface area contributed by atoms with Crippen molar-refractivity contribution in [3.8, 4) is 0 Å². The molecule has 0 aromatic heterocycles. The Morgan fingerprint density at radius 3 is 2.55 bits per heavy atom. The fourth-order valence-corrected chi connectivity index (χ4v) is 3.73. The van der Waals surface area contributed by atoms with Crippen LogP contribution in [0.4, 0.5) is 0 Å². The molecule has 20 heavy (non-hydrogen) atoms. The molecule has 1 aliphatic rings. The predicted molar refractivity (Wildman–Crippen MR) is 88.1 cm³/mol. The zero-order chi connectivity index (χ0) is 13.8. The summed E-state index contributed by atoms with van der Waals surface area (Å²) in [6, 6.07) is 13.6. The van der Waals surface area contributed by atoms with Crippen molar-refractivity contribution >= 4 is 10.8 Å². The summed E-state index contributed by atoms with van der Waals surface area (Å²) in [5.74, 6) is 0.814. The lowest BCUT2D eigenvalue weighted by Crippen LogP contribution is -2.00. The second-order valence-electron chi connectivity index (χ2n) is 6.15. The van der Waals surface area contributed by atoms with Crippen LogP contribution in [0.15, 0.2) is 36.4 Å². The molecule has 2 aromatic rings. The minimum atomic E-state index is 0.814. The van der Waals surface area contributed by atoms with Crippen molar-refractivity contribution in [2.75, 3.05) is 0 Å². The van der Waals surface area contributed by atoms with Crippen molar-refractivity contribution in [3.05, 3.63) is 54.4 Å². The smallest absolute Gasteiger partial charge is 0.0149 e. The van der Waals surface area contributed by atoms with Crippen LogP contribution in [0.5, 0.6) is 0 Å². The van der Waals surface area contributed by atoms with Gasteiger partial charge in [0.1, 0.15) is 0 Å². The summed E-state index contributed by atoms with van der Waals surface area (Å²) >= 11 is 0. The molecule has 105 valence electrons. The lowest BCUT2D eigenvalue weighted by Gasteiger charge is -2.18. The van der Waals surface area contributed by atoms with Crippen LogP contribution in [0, 0.1) is 6.92 Å². The number of benzene rings is 2. The summed E-state index contributed by atoms with van der Waals surface area (Å²) < 4.78 is 0. The van der Waals surface area contributed by atoms with Gasteiger partial charge < -0.3 is 0 Å². The number of rotatable bonds is 5. The van der Waals surface area contributed by atoms with Gasteiger partial charge in [0.25, 0.3) is 0 Å². The highest BCUT2D eigenvalue weighted by Crippen LogP contribution is 2.38. The molecular formula is C20H25. The molecule has 1 fully saturated rings. The molecule has 0 bridgehead atoms. The van der Waals surface area contributed by atoms with E-state index in [9.17, 15) is 0 Å². The number of fused-ring (bicyclic) bond motifs is 1. The molecule has 0 spiro atoms. The molecule has 2 aromatic carbocycles. The van der Waals surface area contributed by atoms with Gasteiger partial charge in [-0.2, -0.15) is 0 Å². The van der Waals surface area contributed by atoms with E-state index in [4.69, 9.17) is 0 Å². The number of hydrogen-bond donors (Lipinski definition) is 0. The van der Waals surface area contributed by atoms with E-state index in [1.165, 1.54) is 55.7 Å². The molecule has 0 N–H and O–H groups in total. The number of aryl methyl sites for hydroxylation is 1. The third-order valence-electron chi connectivity index (χ3n) is 4.80. The Kier molecular flexibility index (Phi) is 4.40. The van der Waals surface area contributed by atoms with Gasteiger partial charge in [-0.3, -0.25) is 0 Å². The monoisotopic (exact) mass is 265 g/mol. The van der Waals surface area contributed by atoms with Gasteiger partial charge in [-0.05, 0) is 53.5 Å². The predicted octanol–water partition coefficient (Wildman–Crippen LogP) is 6.04. The molecule has 1 radical (unpaired) electrons. The molecule has 0 nitrogen and oxygen atoms in total. The molecule has 0 atom stereocenters. The maximum Gasteiger partial charge on any atom is -0.0149 e. The average molecular weight is 265 g/mol. The van der Waals surface area contributed by atoms with Crippen molar-refractivity contribution in [1.82, 2.24) is 0 Å². The van der Waals surface area contributed by atoms with Gasteiger partial charge in [-0.1, -0.05) is 69.0 Å². The zero-order valence-corrected chi connectivity index (χ0v) is 12.4. The van der Waals surface area contributed by atoms with E-state index < -0.39 is 0 Å². The van der Waals surface area contributed by atoms with Crippen molar-refractivity contribution in [3.63, 3.8) is 0 Å². The first-order valence-corrected chi connectivity index (χ1v) is 8.20. The summed E-state index contributed by atoms with van der Waals surface area (Å²) in [4.78, 5) is 0. The molecule has 3 rings (SSSR count). The van der Waals surface area contributed by atoms with E-state index in [0.717, 1.165) is 12.3 Å². The first kappa shape index (κ1) is 13.7. The highest BCUT2D eigenvalue weighted by Gasteiger charge is 2.20. The van der Waals surface area contributed by atoms with Crippen molar-refractivity contribution in [2.24, 2.45) is 0 Å². The lowest BCUT2D eigenvalue weighted by atomic mass is 9.87. The second-order valence-corrected chi connectivity index (χ2v) is 6.15. The minimum absolute atomic E-state index is 0.814. The van der Waals surface area contributed by atoms with E-state index in [-0.39, 0.29) is 0 Å². The third-order valence-corrected chi connectivity index (χ3v) is 4.80. The van der Waals surface area contributed by atoms with Crippen LogP contribution in [0.2, 0.25) is 0 Å². The van der Waals surface area contributed by atoms with Crippen LogP contribution in [-0.4, -0.2) is 0 Å². The number of hydrogen-bond acceptors (Lipinski definition) is 0. The van der Waals surface area contributed by atoms with Crippen LogP contribution >= 0.6 is 0 Å². The zero-order valence-electron chi connectivity index (χ0n) is 12.4. The van der Waals surface area contributed by atoms with Gasteiger partial charge in [0.15, 0.2) is 0 Å². The SMILES string of the molecule is [CH2]CCCCc1c(C2CCCC2)ccc2ccccc12. The fourth-order valence-electron chi connectivity index (χ4n) is 3.73. The molecule has 0 heterocycles. The Hall–Kier alpha value is -1.30. The standard InChI is InChI=1S/C20H25/c1-2-3-4-13-20-18-12-8-7-11-17(18)14-15-19(20)16-9-5-6-10-16/h7-8,11-12,14-16H,1-6,9-10,13H2. The summed E-state index contributed by atoms with van der Waals surface area (Å²) in [5.41, 5.74) is 3.27. The van der Waals surface area contributed by atoms with Crippen molar-refractivity contribution in [2.45, 2.75) is 57.3 Å². The largest absolute Gasteiger partial charge is 0.0616 e. The van der Waals surface area contributed by atoms with Crippen molar-refractivity contribution in [1.29, 1.82) is 0 Å². The van der Waals surface area contributed by atoms with Gasteiger partial charge in [-0.25, -0.2) is 0 Å². The van der Waals surface area contributed by atoms with Crippen LogP contribution in [-0.2, 0) is 6.42 Å². The summed E-state index contributed by atoms with van der Waals surface area (Å²) in [5, 5.41) is 2.89. The van der Waals surface area contributed by atoms with E-state index >= 15 is 0 Å². The molecule has 0 amide bonds. The molecule has 1 saturated carbocycles. The van der Waals surface area contributed by atoms with Crippen LogP contribution in [0.1, 0.15) is 62.0 Å². The molecule has 0 heteroatoms. The number of unbranched alkanes of at least 4 members (excludes halogenated alkanes) is 2. The van der Waals surface area contributed by atoms with E-state index in [2.05, 4.69) is 43.3 Å². The Bertz CT molecular complexity index is 561. The Morgan fingerprint density at radius 1 is 0.950 bits per heavy atom.